The first-order chi connectivity index (χ1) is 15.2. The molecule has 0 aliphatic rings. The lowest BCUT2D eigenvalue weighted by Crippen LogP contribution is -2.14. The Morgan fingerprint density at radius 3 is 2.48 bits per heavy atom. The van der Waals surface area contributed by atoms with Crippen LogP contribution in [-0.4, -0.2) is 62.9 Å². The van der Waals surface area contributed by atoms with Gasteiger partial charge in [0.1, 0.15) is 12.4 Å². The van der Waals surface area contributed by atoms with Crippen LogP contribution in [0.2, 0.25) is 0 Å². The van der Waals surface area contributed by atoms with E-state index in [4.69, 9.17) is 23.5 Å². The van der Waals surface area contributed by atoms with Crippen molar-refractivity contribution in [1.82, 2.24) is 10.1 Å². The molecule has 0 spiro atoms. The van der Waals surface area contributed by atoms with Gasteiger partial charge in [-0.3, -0.25) is 0 Å². The fraction of sp³-hybridized carbons (Fsp3) is 0.318. The van der Waals surface area contributed by atoms with Crippen LogP contribution in [0.4, 0.5) is 4.39 Å². The summed E-state index contributed by atoms with van der Waals surface area (Å²) in [6, 6.07) is 12.7. The quantitative estimate of drug-likeness (QED) is 0.319. The predicted octanol–water partition coefficient (Wildman–Crippen LogP) is 3.38. The van der Waals surface area contributed by atoms with Crippen molar-refractivity contribution < 1.29 is 32.7 Å². The van der Waals surface area contributed by atoms with Crippen LogP contribution in [0, 0.1) is 5.82 Å². The molecule has 0 fully saturated rings. The zero-order valence-corrected chi connectivity index (χ0v) is 17.1. The van der Waals surface area contributed by atoms with Gasteiger partial charge in [-0.1, -0.05) is 29.4 Å². The average Bonchev–Trinajstić information content (AvgIpc) is 3.28. The first-order valence-corrected chi connectivity index (χ1v) is 9.69. The van der Waals surface area contributed by atoms with Gasteiger partial charge in [0, 0.05) is 12.7 Å². The standard InChI is InChI=1S/C22H23FN2O6/c1-27-9-10-28-11-12-29-13-14-30-22(26)17-6-4-5-16(15-17)20-24-21(31-25-20)18-7-2-3-8-19(18)23/h2-8,15H,9-14H2,1H3. The van der Waals surface area contributed by atoms with Crippen molar-refractivity contribution in [2.45, 2.75) is 0 Å². The number of hydrogen-bond acceptors (Lipinski definition) is 8. The first kappa shape index (κ1) is 22.5. The molecular formula is C22H23FN2O6. The lowest BCUT2D eigenvalue weighted by atomic mass is 10.1. The molecule has 0 saturated heterocycles. The molecule has 0 saturated carbocycles. The predicted molar refractivity (Wildman–Crippen MR) is 109 cm³/mol. The lowest BCUT2D eigenvalue weighted by molar-refractivity contribution is 0.00570. The van der Waals surface area contributed by atoms with Crippen molar-refractivity contribution in [2.75, 3.05) is 46.8 Å². The van der Waals surface area contributed by atoms with E-state index in [1.165, 1.54) is 6.07 Å². The minimum absolute atomic E-state index is 0.0597. The molecular weight excluding hydrogens is 407 g/mol. The molecule has 31 heavy (non-hydrogen) atoms. The van der Waals surface area contributed by atoms with Gasteiger partial charge in [0.25, 0.3) is 5.89 Å². The highest BCUT2D eigenvalue weighted by molar-refractivity contribution is 5.90. The van der Waals surface area contributed by atoms with Crippen molar-refractivity contribution in [3.63, 3.8) is 0 Å². The van der Waals surface area contributed by atoms with Gasteiger partial charge in [-0.25, -0.2) is 9.18 Å². The summed E-state index contributed by atoms with van der Waals surface area (Å²) in [6.07, 6.45) is 0. The van der Waals surface area contributed by atoms with E-state index in [1.807, 2.05) is 0 Å². The number of carbonyl (C=O) groups is 1. The zero-order valence-electron chi connectivity index (χ0n) is 17.1. The molecule has 1 aromatic heterocycles. The molecule has 3 aromatic rings. The fourth-order valence-corrected chi connectivity index (χ4v) is 2.61. The van der Waals surface area contributed by atoms with E-state index < -0.39 is 11.8 Å². The SMILES string of the molecule is COCCOCCOCCOC(=O)c1cccc(-c2noc(-c3ccccc3F)n2)c1. The number of halogens is 1. The van der Waals surface area contributed by atoms with E-state index in [1.54, 1.807) is 49.6 Å². The molecule has 0 unspecified atom stereocenters. The van der Waals surface area contributed by atoms with Gasteiger partial charge < -0.3 is 23.5 Å². The summed E-state index contributed by atoms with van der Waals surface area (Å²) in [5.41, 5.74) is 1.09. The molecule has 0 radical (unpaired) electrons. The van der Waals surface area contributed by atoms with Crippen molar-refractivity contribution >= 4 is 5.97 Å². The maximum Gasteiger partial charge on any atom is 0.338 e. The summed E-state index contributed by atoms with van der Waals surface area (Å²) >= 11 is 0. The smallest absolute Gasteiger partial charge is 0.338 e. The maximum absolute atomic E-state index is 13.9. The van der Waals surface area contributed by atoms with Gasteiger partial charge in [0.2, 0.25) is 5.82 Å². The van der Waals surface area contributed by atoms with E-state index in [0.717, 1.165) is 0 Å². The second kappa shape index (κ2) is 11.9. The Labute approximate surface area is 178 Å². The van der Waals surface area contributed by atoms with Gasteiger partial charge in [0.05, 0.1) is 44.2 Å². The van der Waals surface area contributed by atoms with Crippen LogP contribution in [0.1, 0.15) is 10.4 Å². The van der Waals surface area contributed by atoms with E-state index >= 15 is 0 Å². The normalized spacial score (nSPS) is 10.9. The van der Waals surface area contributed by atoms with Gasteiger partial charge in [-0.15, -0.1) is 0 Å². The minimum Gasteiger partial charge on any atom is -0.460 e. The third-order valence-electron chi connectivity index (χ3n) is 4.15. The second-order valence-corrected chi connectivity index (χ2v) is 6.34. The van der Waals surface area contributed by atoms with Crippen molar-refractivity contribution in [3.8, 4) is 22.8 Å². The maximum atomic E-state index is 13.9. The highest BCUT2D eigenvalue weighted by Crippen LogP contribution is 2.24. The Kier molecular flexibility index (Phi) is 8.65. The Bertz CT molecular complexity index is 978. The molecule has 9 heteroatoms. The van der Waals surface area contributed by atoms with Gasteiger partial charge >= 0.3 is 5.97 Å². The third kappa shape index (κ3) is 6.68. The second-order valence-electron chi connectivity index (χ2n) is 6.34. The van der Waals surface area contributed by atoms with Crippen molar-refractivity contribution in [1.29, 1.82) is 0 Å². The number of benzene rings is 2. The largest absolute Gasteiger partial charge is 0.460 e. The molecule has 3 rings (SSSR count). The number of hydrogen-bond donors (Lipinski definition) is 0. The summed E-state index contributed by atoms with van der Waals surface area (Å²) in [5, 5.41) is 3.88. The van der Waals surface area contributed by atoms with Crippen LogP contribution in [0.15, 0.2) is 53.1 Å². The van der Waals surface area contributed by atoms with Gasteiger partial charge in [-0.2, -0.15) is 4.98 Å². The van der Waals surface area contributed by atoms with E-state index in [2.05, 4.69) is 10.1 Å². The number of rotatable bonds is 12. The fourth-order valence-electron chi connectivity index (χ4n) is 2.61. The molecule has 0 bridgehead atoms. The number of carbonyl (C=O) groups excluding carboxylic acids is 1. The first-order valence-electron chi connectivity index (χ1n) is 9.69. The van der Waals surface area contributed by atoms with Crippen LogP contribution in [0.25, 0.3) is 22.8 Å². The topological polar surface area (TPSA) is 92.9 Å². The molecule has 0 aliphatic carbocycles. The zero-order chi connectivity index (χ0) is 21.9. The summed E-state index contributed by atoms with van der Waals surface area (Å²) in [5.74, 6) is -0.660. The van der Waals surface area contributed by atoms with Crippen LogP contribution in [-0.2, 0) is 18.9 Å². The third-order valence-corrected chi connectivity index (χ3v) is 4.15. The average molecular weight is 430 g/mol. The summed E-state index contributed by atoms with van der Waals surface area (Å²) < 4.78 is 39.8. The molecule has 0 aliphatic heterocycles. The summed E-state index contributed by atoms with van der Waals surface area (Å²) in [7, 11) is 1.61. The highest BCUT2D eigenvalue weighted by atomic mass is 19.1. The van der Waals surface area contributed by atoms with Crippen molar-refractivity contribution in [3.05, 3.63) is 59.9 Å². The molecule has 1 heterocycles. The van der Waals surface area contributed by atoms with Gasteiger partial charge in [-0.05, 0) is 24.3 Å². The molecule has 0 atom stereocenters. The van der Waals surface area contributed by atoms with Crippen LogP contribution < -0.4 is 0 Å². The number of esters is 1. The van der Waals surface area contributed by atoms with Crippen molar-refractivity contribution in [2.24, 2.45) is 0 Å². The van der Waals surface area contributed by atoms with Crippen LogP contribution in [0.3, 0.4) is 0 Å². The summed E-state index contributed by atoms with van der Waals surface area (Å²) in [6.45, 7) is 2.26. The molecule has 8 nitrogen and oxygen atoms in total. The minimum atomic E-state index is -0.500. The lowest BCUT2D eigenvalue weighted by Gasteiger charge is -2.07. The number of nitrogens with zero attached hydrogens (tertiary/aromatic N) is 2. The molecule has 0 amide bonds. The molecule has 2 aromatic carbocycles. The number of methoxy groups -OCH3 is 1. The number of aromatic nitrogens is 2. The van der Waals surface area contributed by atoms with Crippen LogP contribution in [0.5, 0.6) is 0 Å². The summed E-state index contributed by atoms with van der Waals surface area (Å²) in [4.78, 5) is 16.5. The monoisotopic (exact) mass is 430 g/mol. The number of ether oxygens (including phenoxy) is 4. The Balaban J connectivity index is 1.50. The Hall–Kier alpha value is -3.14. The highest BCUT2D eigenvalue weighted by Gasteiger charge is 2.15. The van der Waals surface area contributed by atoms with E-state index in [9.17, 15) is 9.18 Å². The Morgan fingerprint density at radius 2 is 1.71 bits per heavy atom. The Morgan fingerprint density at radius 1 is 0.968 bits per heavy atom. The van der Waals surface area contributed by atoms with Gasteiger partial charge in [0.15, 0.2) is 0 Å². The molecule has 0 N–H and O–H groups in total. The van der Waals surface area contributed by atoms with E-state index in [-0.39, 0.29) is 30.5 Å². The molecule has 164 valence electrons. The van der Waals surface area contributed by atoms with Crippen LogP contribution >= 0.6 is 0 Å². The van der Waals surface area contributed by atoms with E-state index in [0.29, 0.717) is 37.6 Å².